The van der Waals surface area contributed by atoms with Crippen LogP contribution in [0.4, 0.5) is 0 Å². The fourth-order valence-electron chi connectivity index (χ4n) is 1.48. The molecule has 2 aromatic rings. The first kappa shape index (κ1) is 12.1. The molecule has 5 heteroatoms. The first-order chi connectivity index (χ1) is 8.19. The predicted molar refractivity (Wildman–Crippen MR) is 68.9 cm³/mol. The Morgan fingerprint density at radius 3 is 2.65 bits per heavy atom. The zero-order valence-electron chi connectivity index (χ0n) is 9.88. The second-order valence-electron chi connectivity index (χ2n) is 3.93. The van der Waals surface area contributed by atoms with E-state index in [0.717, 1.165) is 5.56 Å². The van der Waals surface area contributed by atoms with Crippen LogP contribution in [-0.2, 0) is 6.42 Å². The first-order valence-corrected chi connectivity index (χ1v) is 6.64. The van der Waals surface area contributed by atoms with Crippen molar-refractivity contribution in [3.8, 4) is 11.5 Å². The van der Waals surface area contributed by atoms with E-state index in [1.165, 1.54) is 4.90 Å². The molecular weight excluding hydrogens is 234 g/mol. The number of nitrogens with zero attached hydrogens (tertiary/aromatic N) is 2. The summed E-state index contributed by atoms with van der Waals surface area (Å²) in [5.74, 6) is 1.21. The van der Waals surface area contributed by atoms with Gasteiger partial charge in [-0.05, 0) is 37.4 Å². The summed E-state index contributed by atoms with van der Waals surface area (Å²) in [6.07, 6.45) is 2.68. The SMILES string of the molecule is CSc1ccc(-c2nc(CC(C)N)no2)cc1. The highest BCUT2D eigenvalue weighted by Gasteiger charge is 2.09. The van der Waals surface area contributed by atoms with Crippen LogP contribution >= 0.6 is 11.8 Å². The van der Waals surface area contributed by atoms with Crippen LogP contribution in [0, 0.1) is 0 Å². The topological polar surface area (TPSA) is 64.9 Å². The van der Waals surface area contributed by atoms with Crippen LogP contribution in [0.5, 0.6) is 0 Å². The van der Waals surface area contributed by atoms with Crippen LogP contribution in [0.2, 0.25) is 0 Å². The molecule has 0 aliphatic carbocycles. The van der Waals surface area contributed by atoms with Crippen molar-refractivity contribution in [2.45, 2.75) is 24.3 Å². The van der Waals surface area contributed by atoms with Gasteiger partial charge in [-0.15, -0.1) is 11.8 Å². The lowest BCUT2D eigenvalue weighted by Crippen LogP contribution is -2.18. The van der Waals surface area contributed by atoms with Crippen LogP contribution in [0.1, 0.15) is 12.7 Å². The van der Waals surface area contributed by atoms with Crippen LogP contribution in [0.15, 0.2) is 33.7 Å². The average Bonchev–Trinajstić information content (AvgIpc) is 2.77. The van der Waals surface area contributed by atoms with Crippen molar-refractivity contribution in [3.63, 3.8) is 0 Å². The number of thioether (sulfide) groups is 1. The van der Waals surface area contributed by atoms with Gasteiger partial charge < -0.3 is 10.3 Å². The van der Waals surface area contributed by atoms with E-state index in [-0.39, 0.29) is 6.04 Å². The zero-order chi connectivity index (χ0) is 12.3. The van der Waals surface area contributed by atoms with Crippen molar-refractivity contribution in [1.29, 1.82) is 0 Å². The maximum Gasteiger partial charge on any atom is 0.257 e. The molecule has 0 saturated heterocycles. The van der Waals surface area contributed by atoms with Crippen LogP contribution in [0.3, 0.4) is 0 Å². The number of benzene rings is 1. The Morgan fingerprint density at radius 1 is 1.35 bits per heavy atom. The van der Waals surface area contributed by atoms with Crippen molar-refractivity contribution in [1.82, 2.24) is 10.1 Å². The standard InChI is InChI=1S/C12H15N3OS/c1-8(13)7-11-14-12(16-15-11)9-3-5-10(17-2)6-4-9/h3-6,8H,7,13H2,1-2H3. The fraction of sp³-hybridized carbons (Fsp3) is 0.333. The Morgan fingerprint density at radius 2 is 2.06 bits per heavy atom. The smallest absolute Gasteiger partial charge is 0.257 e. The molecule has 0 amide bonds. The van der Waals surface area contributed by atoms with E-state index < -0.39 is 0 Å². The molecule has 0 saturated carbocycles. The van der Waals surface area contributed by atoms with Gasteiger partial charge in [0.05, 0.1) is 0 Å². The van der Waals surface area contributed by atoms with E-state index in [1.807, 2.05) is 37.4 Å². The minimum absolute atomic E-state index is 0.0410. The Kier molecular flexibility index (Phi) is 3.81. The molecule has 17 heavy (non-hydrogen) atoms. The number of hydrogen-bond acceptors (Lipinski definition) is 5. The normalized spacial score (nSPS) is 12.6. The molecule has 1 aromatic heterocycles. The maximum atomic E-state index is 5.69. The molecule has 0 bridgehead atoms. The van der Waals surface area contributed by atoms with E-state index in [9.17, 15) is 0 Å². The molecule has 0 aliphatic rings. The summed E-state index contributed by atoms with van der Waals surface area (Å²) in [5, 5.41) is 3.90. The molecule has 4 nitrogen and oxygen atoms in total. The summed E-state index contributed by atoms with van der Waals surface area (Å²) in [5.41, 5.74) is 6.62. The summed E-state index contributed by atoms with van der Waals surface area (Å²) >= 11 is 1.70. The second-order valence-corrected chi connectivity index (χ2v) is 4.81. The van der Waals surface area contributed by atoms with Crippen molar-refractivity contribution in [2.24, 2.45) is 5.73 Å². The van der Waals surface area contributed by atoms with Gasteiger partial charge in [0.15, 0.2) is 5.82 Å². The molecule has 0 radical (unpaired) electrons. The highest BCUT2D eigenvalue weighted by Crippen LogP contribution is 2.21. The third-order valence-electron chi connectivity index (χ3n) is 2.31. The molecule has 1 heterocycles. The third-order valence-corrected chi connectivity index (χ3v) is 3.05. The minimum atomic E-state index is 0.0410. The maximum absolute atomic E-state index is 5.69. The van der Waals surface area contributed by atoms with Crippen molar-refractivity contribution >= 4 is 11.8 Å². The summed E-state index contributed by atoms with van der Waals surface area (Å²) < 4.78 is 5.20. The van der Waals surface area contributed by atoms with Crippen molar-refractivity contribution < 1.29 is 4.52 Å². The lowest BCUT2D eigenvalue weighted by Gasteiger charge is -1.97. The first-order valence-electron chi connectivity index (χ1n) is 5.41. The van der Waals surface area contributed by atoms with Gasteiger partial charge in [0.25, 0.3) is 5.89 Å². The molecule has 0 fully saturated rings. The summed E-state index contributed by atoms with van der Waals surface area (Å²) in [4.78, 5) is 5.52. The quantitative estimate of drug-likeness (QED) is 0.843. The fourth-order valence-corrected chi connectivity index (χ4v) is 1.88. The molecule has 0 spiro atoms. The summed E-state index contributed by atoms with van der Waals surface area (Å²) in [6, 6.07) is 8.08. The number of aromatic nitrogens is 2. The molecular formula is C12H15N3OS. The highest BCUT2D eigenvalue weighted by atomic mass is 32.2. The highest BCUT2D eigenvalue weighted by molar-refractivity contribution is 7.98. The van der Waals surface area contributed by atoms with Gasteiger partial charge in [0.2, 0.25) is 0 Å². The lowest BCUT2D eigenvalue weighted by molar-refractivity contribution is 0.420. The van der Waals surface area contributed by atoms with Gasteiger partial charge in [-0.3, -0.25) is 0 Å². The van der Waals surface area contributed by atoms with Crippen molar-refractivity contribution in [2.75, 3.05) is 6.26 Å². The second kappa shape index (κ2) is 5.33. The van der Waals surface area contributed by atoms with Gasteiger partial charge in [0, 0.05) is 22.9 Å². The largest absolute Gasteiger partial charge is 0.334 e. The lowest BCUT2D eigenvalue weighted by atomic mass is 10.2. The monoisotopic (exact) mass is 249 g/mol. The zero-order valence-corrected chi connectivity index (χ0v) is 10.7. The Labute approximate surface area is 105 Å². The third kappa shape index (κ3) is 3.08. The molecule has 90 valence electrons. The molecule has 1 unspecified atom stereocenters. The minimum Gasteiger partial charge on any atom is -0.334 e. The van der Waals surface area contributed by atoms with Crippen LogP contribution in [0.25, 0.3) is 11.5 Å². The van der Waals surface area contributed by atoms with E-state index in [1.54, 1.807) is 11.8 Å². The molecule has 2 N–H and O–H groups in total. The van der Waals surface area contributed by atoms with Gasteiger partial charge in [-0.1, -0.05) is 5.16 Å². The van der Waals surface area contributed by atoms with Crippen molar-refractivity contribution in [3.05, 3.63) is 30.1 Å². The Balaban J connectivity index is 2.18. The summed E-state index contributed by atoms with van der Waals surface area (Å²) in [7, 11) is 0. The van der Waals surface area contributed by atoms with Gasteiger partial charge >= 0.3 is 0 Å². The van der Waals surface area contributed by atoms with E-state index in [2.05, 4.69) is 10.1 Å². The van der Waals surface area contributed by atoms with Gasteiger partial charge in [-0.2, -0.15) is 4.98 Å². The number of rotatable bonds is 4. The van der Waals surface area contributed by atoms with E-state index in [0.29, 0.717) is 18.1 Å². The number of hydrogen-bond donors (Lipinski definition) is 1. The predicted octanol–water partition coefficient (Wildman–Crippen LogP) is 2.35. The molecule has 1 aromatic carbocycles. The van der Waals surface area contributed by atoms with Gasteiger partial charge in [-0.25, -0.2) is 0 Å². The molecule has 1 atom stereocenters. The van der Waals surface area contributed by atoms with E-state index >= 15 is 0 Å². The van der Waals surface area contributed by atoms with E-state index in [4.69, 9.17) is 10.3 Å². The van der Waals surface area contributed by atoms with Gasteiger partial charge in [0.1, 0.15) is 0 Å². The molecule has 0 aliphatic heterocycles. The Bertz CT molecular complexity index is 479. The molecule has 2 rings (SSSR count). The summed E-state index contributed by atoms with van der Waals surface area (Å²) in [6.45, 7) is 1.92. The Hall–Kier alpha value is -1.33. The van der Waals surface area contributed by atoms with Crippen LogP contribution in [-0.4, -0.2) is 22.4 Å². The average molecular weight is 249 g/mol. The number of nitrogens with two attached hydrogens (primary N) is 1. The van der Waals surface area contributed by atoms with Crippen LogP contribution < -0.4 is 5.73 Å².